The molecule has 2 rings (SSSR count). The van der Waals surface area contributed by atoms with Crippen LogP contribution in [-0.4, -0.2) is 47.3 Å². The van der Waals surface area contributed by atoms with Crippen LogP contribution in [0.4, 0.5) is 0 Å². The second-order valence-corrected chi connectivity index (χ2v) is 4.27. The molecule has 0 aliphatic carbocycles. The number of rotatable bonds is 1. The number of aliphatic hydroxyl groups is 1. The molecule has 4 heteroatoms. The Bertz CT molecular complexity index is 223. The number of piperidine rings is 1. The van der Waals surface area contributed by atoms with Gasteiger partial charge in [0.1, 0.15) is 12.1 Å². The van der Waals surface area contributed by atoms with Crippen LogP contribution in [0.25, 0.3) is 0 Å². The fourth-order valence-electron chi connectivity index (χ4n) is 2.23. The first-order chi connectivity index (χ1) is 6.66. The summed E-state index contributed by atoms with van der Waals surface area (Å²) in [4.78, 5) is 13.6. The summed E-state index contributed by atoms with van der Waals surface area (Å²) in [5, 5.41) is 9.34. The van der Waals surface area contributed by atoms with Crippen molar-refractivity contribution >= 4 is 5.97 Å². The van der Waals surface area contributed by atoms with E-state index in [0.717, 1.165) is 32.4 Å². The van der Waals surface area contributed by atoms with Crippen molar-refractivity contribution < 1.29 is 14.6 Å². The zero-order valence-electron chi connectivity index (χ0n) is 8.48. The minimum Gasteiger partial charge on any atom is -0.461 e. The highest BCUT2D eigenvalue weighted by Crippen LogP contribution is 2.23. The van der Waals surface area contributed by atoms with Crippen LogP contribution >= 0.6 is 0 Å². The van der Waals surface area contributed by atoms with E-state index in [9.17, 15) is 9.90 Å². The molecular formula is C10H17NO3. The minimum atomic E-state index is -0.180. The molecule has 0 bridgehead atoms. The molecule has 0 spiro atoms. The summed E-state index contributed by atoms with van der Waals surface area (Å²) in [6.45, 7) is 3.55. The molecule has 0 amide bonds. The maximum Gasteiger partial charge on any atom is 0.323 e. The van der Waals surface area contributed by atoms with Gasteiger partial charge in [0, 0.05) is 19.5 Å². The van der Waals surface area contributed by atoms with Crippen LogP contribution in [0.15, 0.2) is 0 Å². The second kappa shape index (κ2) is 3.87. The molecule has 2 heterocycles. The van der Waals surface area contributed by atoms with Crippen LogP contribution in [0.5, 0.6) is 0 Å². The quantitative estimate of drug-likeness (QED) is 0.611. The Kier molecular flexibility index (Phi) is 2.74. The third-order valence-corrected chi connectivity index (χ3v) is 3.08. The molecule has 2 atom stereocenters. The van der Waals surface area contributed by atoms with Gasteiger partial charge >= 0.3 is 5.97 Å². The molecule has 0 aromatic carbocycles. The van der Waals surface area contributed by atoms with Crippen molar-refractivity contribution in [2.75, 3.05) is 13.1 Å². The number of aliphatic hydroxyl groups excluding tert-OH is 1. The number of cyclic esters (lactones) is 1. The second-order valence-electron chi connectivity index (χ2n) is 4.27. The molecule has 0 saturated carbocycles. The first-order valence-corrected chi connectivity index (χ1v) is 5.29. The standard InChI is InChI=1S/C10H17NO3/c1-7-6-9(10(13)14-7)11-4-2-8(12)3-5-11/h7-9,12H,2-6H2,1H3. The van der Waals surface area contributed by atoms with Gasteiger partial charge in [-0.3, -0.25) is 9.69 Å². The Labute approximate surface area is 83.8 Å². The predicted molar refractivity (Wildman–Crippen MR) is 50.8 cm³/mol. The average Bonchev–Trinajstić information content (AvgIpc) is 2.47. The molecule has 2 aliphatic rings. The lowest BCUT2D eigenvalue weighted by molar-refractivity contribution is -0.145. The number of hydrogen-bond acceptors (Lipinski definition) is 4. The van der Waals surface area contributed by atoms with Crippen LogP contribution < -0.4 is 0 Å². The van der Waals surface area contributed by atoms with E-state index in [-0.39, 0.29) is 24.2 Å². The van der Waals surface area contributed by atoms with Crippen molar-refractivity contribution in [1.29, 1.82) is 0 Å². The Morgan fingerprint density at radius 1 is 1.43 bits per heavy atom. The summed E-state index contributed by atoms with van der Waals surface area (Å²) >= 11 is 0. The van der Waals surface area contributed by atoms with E-state index in [2.05, 4.69) is 4.90 Å². The highest BCUT2D eigenvalue weighted by Gasteiger charge is 2.37. The van der Waals surface area contributed by atoms with Gasteiger partial charge in [0.15, 0.2) is 0 Å². The Balaban J connectivity index is 1.92. The maximum absolute atomic E-state index is 11.4. The van der Waals surface area contributed by atoms with Crippen LogP contribution in [0.2, 0.25) is 0 Å². The van der Waals surface area contributed by atoms with E-state index in [0.29, 0.717) is 0 Å². The van der Waals surface area contributed by atoms with Crippen molar-refractivity contribution in [3.63, 3.8) is 0 Å². The number of ether oxygens (including phenoxy) is 1. The largest absolute Gasteiger partial charge is 0.461 e. The van der Waals surface area contributed by atoms with Gasteiger partial charge in [-0.05, 0) is 19.8 Å². The normalized spacial score (nSPS) is 36.0. The van der Waals surface area contributed by atoms with Gasteiger partial charge in [0.2, 0.25) is 0 Å². The molecular weight excluding hydrogens is 182 g/mol. The molecule has 14 heavy (non-hydrogen) atoms. The topological polar surface area (TPSA) is 49.8 Å². The van der Waals surface area contributed by atoms with E-state index in [1.807, 2.05) is 6.92 Å². The van der Waals surface area contributed by atoms with Crippen LogP contribution in [0.3, 0.4) is 0 Å². The monoisotopic (exact) mass is 199 g/mol. The molecule has 2 unspecified atom stereocenters. The zero-order chi connectivity index (χ0) is 10.1. The van der Waals surface area contributed by atoms with Gasteiger partial charge in [-0.15, -0.1) is 0 Å². The van der Waals surface area contributed by atoms with Crippen molar-refractivity contribution in [2.24, 2.45) is 0 Å². The number of carbonyl (C=O) groups is 1. The number of hydrogen-bond donors (Lipinski definition) is 1. The fraction of sp³-hybridized carbons (Fsp3) is 0.900. The minimum absolute atomic E-state index is 0.0550. The maximum atomic E-state index is 11.4. The van der Waals surface area contributed by atoms with Crippen LogP contribution in [-0.2, 0) is 9.53 Å². The number of likely N-dealkylation sites (tertiary alicyclic amines) is 1. The molecule has 80 valence electrons. The van der Waals surface area contributed by atoms with Crippen LogP contribution in [0, 0.1) is 0 Å². The van der Waals surface area contributed by atoms with Gasteiger partial charge in [0.25, 0.3) is 0 Å². The first-order valence-electron chi connectivity index (χ1n) is 5.29. The van der Waals surface area contributed by atoms with Crippen molar-refractivity contribution in [3.05, 3.63) is 0 Å². The molecule has 0 aromatic heterocycles. The lowest BCUT2D eigenvalue weighted by Crippen LogP contribution is -2.44. The average molecular weight is 199 g/mol. The molecule has 2 aliphatic heterocycles. The van der Waals surface area contributed by atoms with Gasteiger partial charge < -0.3 is 9.84 Å². The number of carbonyl (C=O) groups excluding carboxylic acids is 1. The van der Waals surface area contributed by atoms with Gasteiger partial charge in [0.05, 0.1) is 6.10 Å². The smallest absolute Gasteiger partial charge is 0.323 e. The van der Waals surface area contributed by atoms with E-state index in [4.69, 9.17) is 4.74 Å². The summed E-state index contributed by atoms with van der Waals surface area (Å²) in [7, 11) is 0. The highest BCUT2D eigenvalue weighted by molar-refractivity contribution is 5.78. The van der Waals surface area contributed by atoms with Crippen LogP contribution in [0.1, 0.15) is 26.2 Å². The number of nitrogens with zero attached hydrogens (tertiary/aromatic N) is 1. The summed E-state index contributed by atoms with van der Waals surface area (Å²) < 4.78 is 5.11. The third kappa shape index (κ3) is 1.91. The Morgan fingerprint density at radius 3 is 2.57 bits per heavy atom. The lowest BCUT2D eigenvalue weighted by Gasteiger charge is -2.32. The van der Waals surface area contributed by atoms with E-state index in [1.54, 1.807) is 0 Å². The third-order valence-electron chi connectivity index (χ3n) is 3.08. The molecule has 1 N–H and O–H groups in total. The van der Waals surface area contributed by atoms with E-state index in [1.165, 1.54) is 0 Å². The van der Waals surface area contributed by atoms with Crippen molar-refractivity contribution in [1.82, 2.24) is 4.90 Å². The van der Waals surface area contributed by atoms with Gasteiger partial charge in [-0.2, -0.15) is 0 Å². The van der Waals surface area contributed by atoms with Crippen molar-refractivity contribution in [3.8, 4) is 0 Å². The summed E-state index contributed by atoms with van der Waals surface area (Å²) in [6.07, 6.45) is 2.23. The molecule has 0 radical (unpaired) electrons. The van der Waals surface area contributed by atoms with E-state index >= 15 is 0 Å². The fourth-order valence-corrected chi connectivity index (χ4v) is 2.23. The Morgan fingerprint density at radius 2 is 2.07 bits per heavy atom. The highest BCUT2D eigenvalue weighted by atomic mass is 16.6. The summed E-state index contributed by atoms with van der Waals surface area (Å²) in [6, 6.07) is -0.0579. The zero-order valence-corrected chi connectivity index (χ0v) is 8.48. The first kappa shape index (κ1) is 9.93. The predicted octanol–water partition coefficient (Wildman–Crippen LogP) is 0.147. The SMILES string of the molecule is CC1CC(N2CCC(O)CC2)C(=O)O1. The number of esters is 1. The van der Waals surface area contributed by atoms with E-state index < -0.39 is 0 Å². The molecule has 4 nitrogen and oxygen atoms in total. The Hall–Kier alpha value is -0.610. The van der Waals surface area contributed by atoms with Gasteiger partial charge in [-0.1, -0.05) is 0 Å². The van der Waals surface area contributed by atoms with Gasteiger partial charge in [-0.25, -0.2) is 0 Å². The summed E-state index contributed by atoms with van der Waals surface area (Å²) in [5.41, 5.74) is 0. The molecule has 0 aromatic rings. The lowest BCUT2D eigenvalue weighted by atomic mass is 10.0. The van der Waals surface area contributed by atoms with Crippen molar-refractivity contribution in [2.45, 2.75) is 44.4 Å². The molecule has 2 saturated heterocycles. The molecule has 2 fully saturated rings. The summed E-state index contributed by atoms with van der Waals surface area (Å²) in [5.74, 6) is -0.0890.